The zero-order valence-corrected chi connectivity index (χ0v) is 28.8. The number of carboxylic acid groups (broad SMARTS) is 1. The van der Waals surface area contributed by atoms with Crippen LogP contribution in [0.25, 0.3) is 0 Å². The summed E-state index contributed by atoms with van der Waals surface area (Å²) in [5.41, 5.74) is 3.94. The van der Waals surface area contributed by atoms with Crippen LogP contribution in [0, 0.1) is 5.92 Å². The lowest BCUT2D eigenvalue weighted by Gasteiger charge is -2.26. The van der Waals surface area contributed by atoms with E-state index in [1.807, 2.05) is 104 Å². The third kappa shape index (κ3) is 8.15. The predicted molar refractivity (Wildman–Crippen MR) is 195 cm³/mol. The van der Waals surface area contributed by atoms with Gasteiger partial charge in [-0.3, -0.25) is 19.5 Å². The first-order valence-electron chi connectivity index (χ1n) is 17.7. The average molecular weight is 686 g/mol. The molecule has 2 heterocycles. The zero-order valence-electron chi connectivity index (χ0n) is 28.8. The molecule has 2 fully saturated rings. The van der Waals surface area contributed by atoms with E-state index in [1.54, 1.807) is 6.07 Å². The molecule has 0 bridgehead atoms. The maximum atomic E-state index is 14.4. The van der Waals surface area contributed by atoms with Gasteiger partial charge in [-0.2, -0.15) is 0 Å². The van der Waals surface area contributed by atoms with Gasteiger partial charge < -0.3 is 9.84 Å². The number of ketones is 1. The molecule has 0 radical (unpaired) electrons. The van der Waals surface area contributed by atoms with Gasteiger partial charge in [-0.15, -0.1) is 0 Å². The number of nitrogens with zero attached hydrogens (tertiary/aromatic N) is 3. The molecule has 4 aromatic carbocycles. The molecule has 2 aliphatic heterocycles. The topological polar surface area (TPSA) is 117 Å². The Labute approximate surface area is 298 Å². The first-order chi connectivity index (χ1) is 24.9. The van der Waals surface area contributed by atoms with E-state index >= 15 is 0 Å². The number of aliphatic carboxylic acids is 1. The molecule has 0 spiro atoms. The number of benzene rings is 4. The first-order valence-corrected chi connectivity index (χ1v) is 17.7. The second kappa shape index (κ2) is 16.5. The summed E-state index contributed by atoms with van der Waals surface area (Å²) in [5.74, 6) is -2.47. The third-order valence-electron chi connectivity index (χ3n) is 9.78. The highest BCUT2D eigenvalue weighted by Crippen LogP contribution is 2.32. The zero-order chi connectivity index (χ0) is 35.7. The molecule has 0 aromatic heterocycles. The van der Waals surface area contributed by atoms with Crippen LogP contribution in [0.2, 0.25) is 0 Å². The Morgan fingerprint density at radius 1 is 0.863 bits per heavy atom. The average Bonchev–Trinajstić information content (AvgIpc) is 3.79. The second-order valence-electron chi connectivity index (χ2n) is 13.2. The Bertz CT molecular complexity index is 1860. The molecule has 0 aliphatic carbocycles. The standard InChI is InChI=1S/C42H43N3O6/c1-2-15-32(26-37(46)45-36(28-51-42(45)50)30-18-8-4-9-19-30)39(41(48)49)43-38(31-20-10-5-11-21-31)33-22-12-13-23-34(33)40(47)35-24-14-25-44(35)27-29-16-6-3-7-17-29/h3-13,16-23,32,35-36,39H,2,14-15,24-28H2,1H3,(H,48,49)/t32-,35+,36+,39-/m1/s1. The molecule has 2 aliphatic rings. The minimum atomic E-state index is -1.33. The van der Waals surface area contributed by atoms with Gasteiger partial charge in [-0.05, 0) is 36.9 Å². The number of Topliss-reactive ketones (excluding diaryl/α,β-unsaturated/α-hetero) is 1. The van der Waals surface area contributed by atoms with Gasteiger partial charge in [0.1, 0.15) is 12.6 Å². The summed E-state index contributed by atoms with van der Waals surface area (Å²) in [6.07, 6.45) is 1.63. The van der Waals surface area contributed by atoms with Crippen molar-refractivity contribution in [3.8, 4) is 0 Å². The van der Waals surface area contributed by atoms with E-state index in [0.717, 1.165) is 35.4 Å². The maximum absolute atomic E-state index is 14.4. The molecule has 2 saturated heterocycles. The van der Waals surface area contributed by atoms with Gasteiger partial charge in [0.05, 0.1) is 11.8 Å². The highest BCUT2D eigenvalue weighted by Gasteiger charge is 2.41. The van der Waals surface area contributed by atoms with E-state index in [1.165, 1.54) is 0 Å². The number of cyclic esters (lactones) is 1. The SMILES string of the molecule is CCC[C@H](CC(=O)N1C(=O)OC[C@H]1c1ccccc1)[C@@H](N=C(c1ccccc1)c1ccccc1C(=O)[C@@H]1CCCN1Cc1ccccc1)C(=O)O. The van der Waals surface area contributed by atoms with Crippen molar-refractivity contribution in [3.05, 3.63) is 143 Å². The van der Waals surface area contributed by atoms with E-state index in [2.05, 4.69) is 17.0 Å². The summed E-state index contributed by atoms with van der Waals surface area (Å²) < 4.78 is 5.29. The molecule has 9 nitrogen and oxygen atoms in total. The largest absolute Gasteiger partial charge is 0.480 e. The van der Waals surface area contributed by atoms with Crippen LogP contribution in [0.15, 0.2) is 120 Å². The van der Waals surface area contributed by atoms with E-state index in [9.17, 15) is 24.3 Å². The van der Waals surface area contributed by atoms with Crippen LogP contribution < -0.4 is 0 Å². The molecule has 51 heavy (non-hydrogen) atoms. The molecule has 4 atom stereocenters. The molecule has 0 saturated carbocycles. The molecule has 9 heteroatoms. The molecule has 4 aromatic rings. The van der Waals surface area contributed by atoms with Crippen molar-refractivity contribution in [2.24, 2.45) is 10.9 Å². The van der Waals surface area contributed by atoms with Crippen molar-refractivity contribution in [1.29, 1.82) is 0 Å². The van der Waals surface area contributed by atoms with Gasteiger partial charge in [0, 0.05) is 35.6 Å². The summed E-state index contributed by atoms with van der Waals surface area (Å²) in [7, 11) is 0. The Kier molecular flexibility index (Phi) is 11.5. The number of hydrogen-bond donors (Lipinski definition) is 1. The van der Waals surface area contributed by atoms with Crippen LogP contribution >= 0.6 is 0 Å². The minimum Gasteiger partial charge on any atom is -0.480 e. The number of hydrogen-bond acceptors (Lipinski definition) is 7. The van der Waals surface area contributed by atoms with Gasteiger partial charge in [-0.25, -0.2) is 14.5 Å². The fourth-order valence-electron chi connectivity index (χ4n) is 7.29. The van der Waals surface area contributed by atoms with Gasteiger partial charge in [0.2, 0.25) is 5.91 Å². The van der Waals surface area contributed by atoms with Gasteiger partial charge in [0.25, 0.3) is 0 Å². The van der Waals surface area contributed by atoms with Crippen LogP contribution in [0.1, 0.15) is 77.7 Å². The van der Waals surface area contributed by atoms with Crippen LogP contribution in [0.5, 0.6) is 0 Å². The Morgan fingerprint density at radius 3 is 2.16 bits per heavy atom. The smallest absolute Gasteiger partial charge is 0.417 e. The highest BCUT2D eigenvalue weighted by atomic mass is 16.6. The highest BCUT2D eigenvalue weighted by molar-refractivity contribution is 6.19. The van der Waals surface area contributed by atoms with Crippen LogP contribution in [-0.2, 0) is 20.9 Å². The maximum Gasteiger partial charge on any atom is 0.417 e. The molecule has 262 valence electrons. The fourth-order valence-corrected chi connectivity index (χ4v) is 7.29. The lowest BCUT2D eigenvalue weighted by molar-refractivity contribution is -0.140. The van der Waals surface area contributed by atoms with Crippen LogP contribution in [-0.4, -0.2) is 69.6 Å². The van der Waals surface area contributed by atoms with Crippen molar-refractivity contribution >= 4 is 29.5 Å². The lowest BCUT2D eigenvalue weighted by atomic mass is 9.88. The number of carbonyl (C=O) groups is 4. The number of imide groups is 1. The first kappa shape index (κ1) is 35.4. The normalized spacial score (nSPS) is 19.0. The van der Waals surface area contributed by atoms with Crippen molar-refractivity contribution in [1.82, 2.24) is 9.80 Å². The van der Waals surface area contributed by atoms with Crippen LogP contribution in [0.3, 0.4) is 0 Å². The van der Waals surface area contributed by atoms with Crippen molar-refractivity contribution in [2.75, 3.05) is 13.2 Å². The molecule has 1 N–H and O–H groups in total. The van der Waals surface area contributed by atoms with E-state index in [4.69, 9.17) is 9.73 Å². The molecule has 0 unspecified atom stereocenters. The quantitative estimate of drug-likeness (QED) is 0.109. The Balaban J connectivity index is 1.35. The predicted octanol–water partition coefficient (Wildman–Crippen LogP) is 7.35. The van der Waals surface area contributed by atoms with E-state index in [-0.39, 0.29) is 24.9 Å². The van der Waals surface area contributed by atoms with E-state index in [0.29, 0.717) is 41.8 Å². The monoisotopic (exact) mass is 685 g/mol. The Morgan fingerprint density at radius 2 is 1.49 bits per heavy atom. The summed E-state index contributed by atoms with van der Waals surface area (Å²) in [4.78, 5) is 62.5. The van der Waals surface area contributed by atoms with Crippen molar-refractivity contribution < 1.29 is 29.0 Å². The van der Waals surface area contributed by atoms with E-state index < -0.39 is 36.0 Å². The number of ether oxygens (including phenoxy) is 1. The number of carboxylic acids is 1. The minimum absolute atomic E-state index is 0.0281. The van der Waals surface area contributed by atoms with Gasteiger partial charge in [0.15, 0.2) is 11.8 Å². The molecule has 6 rings (SSSR count). The summed E-state index contributed by atoms with van der Waals surface area (Å²) in [6.45, 7) is 3.41. The van der Waals surface area contributed by atoms with Crippen molar-refractivity contribution in [3.63, 3.8) is 0 Å². The van der Waals surface area contributed by atoms with Crippen molar-refractivity contribution in [2.45, 2.75) is 63.7 Å². The third-order valence-corrected chi connectivity index (χ3v) is 9.78. The fraction of sp³-hybridized carbons (Fsp3) is 0.310. The van der Waals surface area contributed by atoms with Gasteiger partial charge in [-0.1, -0.05) is 129 Å². The number of likely N-dealkylation sites (tertiary alicyclic amines) is 1. The molecular weight excluding hydrogens is 642 g/mol. The molecule has 2 amide bonds. The molecular formula is C42H43N3O6. The number of aliphatic imine (C=N–C) groups is 1. The number of carbonyl (C=O) groups excluding carboxylic acids is 3. The Hall–Kier alpha value is -5.41. The lowest BCUT2D eigenvalue weighted by Crippen LogP contribution is -2.39. The second-order valence-corrected chi connectivity index (χ2v) is 13.2. The summed E-state index contributed by atoms with van der Waals surface area (Å²) in [5, 5.41) is 10.7. The number of rotatable bonds is 14. The number of amides is 2. The summed E-state index contributed by atoms with van der Waals surface area (Å²) >= 11 is 0. The summed E-state index contributed by atoms with van der Waals surface area (Å²) in [6, 6.07) is 33.5. The van der Waals surface area contributed by atoms with Crippen LogP contribution in [0.4, 0.5) is 4.79 Å². The van der Waals surface area contributed by atoms with Gasteiger partial charge >= 0.3 is 12.1 Å².